The number of hydrogen-bond acceptors (Lipinski definition) is 2. The molecule has 0 bridgehead atoms. The predicted molar refractivity (Wildman–Crippen MR) is 47.7 cm³/mol. The van der Waals surface area contributed by atoms with E-state index in [2.05, 4.69) is 15.9 Å². The summed E-state index contributed by atoms with van der Waals surface area (Å²) in [5.41, 5.74) is -0.991. The van der Waals surface area contributed by atoms with Gasteiger partial charge in [0, 0.05) is 4.47 Å². The first-order valence-electron chi connectivity index (χ1n) is 3.33. The molecule has 14 heavy (non-hydrogen) atoms. The minimum absolute atomic E-state index is 0.175. The zero-order chi connectivity index (χ0) is 10.9. The fraction of sp³-hybridized carbons (Fsp3) is 0.143. The highest BCUT2D eigenvalue weighted by Crippen LogP contribution is 2.35. The number of halogens is 4. The third-order valence-electron chi connectivity index (χ3n) is 1.47. The van der Waals surface area contributed by atoms with E-state index in [1.807, 2.05) is 0 Å². The Balaban J connectivity index is 3.36. The van der Waals surface area contributed by atoms with Gasteiger partial charge in [0.25, 0.3) is 0 Å². The summed E-state index contributed by atoms with van der Waals surface area (Å²) in [6, 6.07) is 2.75. The molecular formula is C7H4BrF3O2S. The second kappa shape index (κ2) is 3.90. The molecule has 1 rings (SSSR count). The molecule has 1 aromatic carbocycles. The molecule has 1 aromatic rings. The van der Waals surface area contributed by atoms with Crippen molar-refractivity contribution < 1.29 is 21.6 Å². The van der Waals surface area contributed by atoms with E-state index < -0.39 is 22.4 Å². The summed E-state index contributed by atoms with van der Waals surface area (Å²) in [5, 5.41) is 0. The van der Waals surface area contributed by atoms with Crippen LogP contribution in [0.1, 0.15) is 5.56 Å². The molecule has 0 saturated heterocycles. The van der Waals surface area contributed by atoms with Crippen molar-refractivity contribution in [2.75, 3.05) is 0 Å². The van der Waals surface area contributed by atoms with Crippen LogP contribution in [-0.2, 0) is 16.9 Å². The van der Waals surface area contributed by atoms with E-state index in [4.69, 9.17) is 0 Å². The van der Waals surface area contributed by atoms with Crippen molar-refractivity contribution in [3.8, 4) is 0 Å². The molecule has 0 aliphatic rings. The molecule has 0 atom stereocenters. The highest BCUT2D eigenvalue weighted by atomic mass is 79.9. The second-order valence-corrected chi connectivity index (χ2v) is 4.30. The van der Waals surface area contributed by atoms with Gasteiger partial charge in [-0.1, -0.05) is 15.9 Å². The van der Waals surface area contributed by atoms with E-state index >= 15 is 0 Å². The standard InChI is InChI=1S/C7H4BrF3O2S/c8-6-2-1-4(14(12)13)3-5(6)7(9,10)11/h1-3,14H. The van der Waals surface area contributed by atoms with Crippen molar-refractivity contribution in [3.05, 3.63) is 28.2 Å². The first-order chi connectivity index (χ1) is 6.32. The zero-order valence-corrected chi connectivity index (χ0v) is 8.99. The quantitative estimate of drug-likeness (QED) is 0.806. The molecule has 0 spiro atoms. The SMILES string of the molecule is O=[SH](=O)c1ccc(Br)c(C(F)(F)F)c1. The van der Waals surface area contributed by atoms with Crippen LogP contribution in [-0.4, -0.2) is 8.42 Å². The van der Waals surface area contributed by atoms with Gasteiger partial charge in [-0.25, -0.2) is 8.42 Å². The summed E-state index contributed by atoms with van der Waals surface area (Å²) in [4.78, 5) is -0.351. The summed E-state index contributed by atoms with van der Waals surface area (Å²) in [7, 11) is -2.99. The minimum Gasteiger partial charge on any atom is -0.227 e. The maximum Gasteiger partial charge on any atom is 0.417 e. The number of thiol groups is 1. The maximum atomic E-state index is 12.3. The Morgan fingerprint density at radius 2 is 1.79 bits per heavy atom. The minimum atomic E-state index is -4.56. The Bertz CT molecular complexity index is 417. The smallest absolute Gasteiger partial charge is 0.227 e. The highest BCUT2D eigenvalue weighted by Gasteiger charge is 2.33. The Morgan fingerprint density at radius 3 is 2.21 bits per heavy atom. The molecular weight excluding hydrogens is 285 g/mol. The fourth-order valence-electron chi connectivity index (χ4n) is 0.844. The van der Waals surface area contributed by atoms with Gasteiger partial charge in [0.2, 0.25) is 0 Å². The van der Waals surface area contributed by atoms with Gasteiger partial charge in [-0.3, -0.25) is 0 Å². The van der Waals surface area contributed by atoms with Gasteiger partial charge in [0.05, 0.1) is 10.5 Å². The van der Waals surface area contributed by atoms with E-state index in [9.17, 15) is 21.6 Å². The van der Waals surface area contributed by atoms with Crippen molar-refractivity contribution in [2.24, 2.45) is 0 Å². The van der Waals surface area contributed by atoms with Crippen LogP contribution >= 0.6 is 15.9 Å². The van der Waals surface area contributed by atoms with Gasteiger partial charge in [-0.05, 0) is 18.2 Å². The Labute approximate surface area is 87.8 Å². The van der Waals surface area contributed by atoms with Gasteiger partial charge in [0.15, 0.2) is 10.7 Å². The average molecular weight is 289 g/mol. The van der Waals surface area contributed by atoms with E-state index in [1.165, 1.54) is 0 Å². The van der Waals surface area contributed by atoms with Crippen molar-refractivity contribution in [1.29, 1.82) is 0 Å². The molecule has 0 N–H and O–H groups in total. The molecule has 0 fully saturated rings. The summed E-state index contributed by atoms with van der Waals surface area (Å²) in [6.45, 7) is 0. The van der Waals surface area contributed by atoms with Gasteiger partial charge in [0.1, 0.15) is 0 Å². The Morgan fingerprint density at radius 1 is 1.21 bits per heavy atom. The molecule has 0 saturated carbocycles. The summed E-state index contributed by atoms with van der Waals surface area (Å²) in [6.07, 6.45) is -4.56. The average Bonchev–Trinajstić information content (AvgIpc) is 2.02. The van der Waals surface area contributed by atoms with Crippen LogP contribution in [0.3, 0.4) is 0 Å². The Kier molecular flexibility index (Phi) is 3.20. The van der Waals surface area contributed by atoms with Crippen molar-refractivity contribution >= 4 is 26.6 Å². The van der Waals surface area contributed by atoms with Crippen LogP contribution in [0.2, 0.25) is 0 Å². The van der Waals surface area contributed by atoms with Crippen molar-refractivity contribution in [2.45, 2.75) is 11.1 Å². The van der Waals surface area contributed by atoms with Crippen LogP contribution in [0.4, 0.5) is 13.2 Å². The molecule has 7 heteroatoms. The molecule has 0 amide bonds. The normalized spacial score (nSPS) is 12.1. The van der Waals surface area contributed by atoms with Gasteiger partial charge in [-0.2, -0.15) is 13.2 Å². The van der Waals surface area contributed by atoms with E-state index in [0.717, 1.165) is 12.1 Å². The topological polar surface area (TPSA) is 34.1 Å². The molecule has 0 heterocycles. The first-order valence-corrected chi connectivity index (χ1v) is 5.30. The van der Waals surface area contributed by atoms with Crippen molar-refractivity contribution in [3.63, 3.8) is 0 Å². The monoisotopic (exact) mass is 288 g/mol. The lowest BCUT2D eigenvalue weighted by molar-refractivity contribution is -0.138. The molecule has 2 nitrogen and oxygen atoms in total. The number of rotatable bonds is 1. The summed E-state index contributed by atoms with van der Waals surface area (Å²) < 4.78 is 57.5. The number of hydrogen-bond donors (Lipinski definition) is 1. The van der Waals surface area contributed by atoms with E-state index in [1.54, 1.807) is 0 Å². The van der Waals surface area contributed by atoms with Crippen LogP contribution in [0.25, 0.3) is 0 Å². The number of benzene rings is 1. The molecule has 78 valence electrons. The number of alkyl halides is 3. The maximum absolute atomic E-state index is 12.3. The van der Waals surface area contributed by atoms with Crippen LogP contribution < -0.4 is 0 Å². The summed E-state index contributed by atoms with van der Waals surface area (Å²) in [5.74, 6) is 0. The molecule has 0 aromatic heterocycles. The van der Waals surface area contributed by atoms with Crippen LogP contribution in [0, 0.1) is 0 Å². The van der Waals surface area contributed by atoms with Crippen molar-refractivity contribution in [1.82, 2.24) is 0 Å². The van der Waals surface area contributed by atoms with E-state index in [0.29, 0.717) is 6.07 Å². The predicted octanol–water partition coefficient (Wildman–Crippen LogP) is 2.44. The van der Waals surface area contributed by atoms with Gasteiger partial charge < -0.3 is 0 Å². The lowest BCUT2D eigenvalue weighted by Gasteiger charge is -2.08. The van der Waals surface area contributed by atoms with Crippen LogP contribution in [0.15, 0.2) is 27.6 Å². The lowest BCUT2D eigenvalue weighted by Crippen LogP contribution is -2.06. The zero-order valence-electron chi connectivity index (χ0n) is 6.51. The first kappa shape index (κ1) is 11.5. The van der Waals surface area contributed by atoms with E-state index in [-0.39, 0.29) is 9.37 Å². The van der Waals surface area contributed by atoms with Gasteiger partial charge in [-0.15, -0.1) is 0 Å². The molecule has 0 unspecified atom stereocenters. The largest absolute Gasteiger partial charge is 0.417 e. The van der Waals surface area contributed by atoms with Crippen LogP contribution in [0.5, 0.6) is 0 Å². The molecule has 0 radical (unpaired) electrons. The summed E-state index contributed by atoms with van der Waals surface area (Å²) >= 11 is 2.70. The molecule has 0 aliphatic heterocycles. The highest BCUT2D eigenvalue weighted by molar-refractivity contribution is 9.10. The Hall–Kier alpha value is -0.560. The third kappa shape index (κ3) is 2.48. The lowest BCUT2D eigenvalue weighted by atomic mass is 10.2. The van der Waals surface area contributed by atoms with Gasteiger partial charge >= 0.3 is 6.18 Å². The molecule has 0 aliphatic carbocycles. The third-order valence-corrected chi connectivity index (χ3v) is 2.86. The fourth-order valence-corrected chi connectivity index (χ4v) is 1.75. The second-order valence-electron chi connectivity index (χ2n) is 2.42.